The highest BCUT2D eigenvalue weighted by Crippen LogP contribution is 2.25. The number of thiazole rings is 1. The van der Waals surface area contributed by atoms with E-state index in [1.165, 1.54) is 11.3 Å². The first-order chi connectivity index (χ1) is 14.3. The molecule has 10 nitrogen and oxygen atoms in total. The molecule has 0 atom stereocenters. The van der Waals surface area contributed by atoms with Gasteiger partial charge in [0.25, 0.3) is 0 Å². The first-order valence-electron chi connectivity index (χ1n) is 9.64. The third-order valence-corrected chi connectivity index (χ3v) is 5.71. The predicted molar refractivity (Wildman–Crippen MR) is 109 cm³/mol. The fourth-order valence-electron chi connectivity index (χ4n) is 3.29. The molecule has 5 heterocycles. The number of imidazole rings is 1. The summed E-state index contributed by atoms with van der Waals surface area (Å²) < 4.78 is 12.9. The molecule has 3 aromatic rings. The summed E-state index contributed by atoms with van der Waals surface area (Å²) in [5.41, 5.74) is 1.69. The molecule has 152 valence electrons. The van der Waals surface area contributed by atoms with Crippen molar-refractivity contribution >= 4 is 23.2 Å². The molecule has 0 unspecified atom stereocenters. The maximum Gasteiger partial charge on any atom is 0.230 e. The fourth-order valence-corrected chi connectivity index (χ4v) is 4.04. The highest BCUT2D eigenvalue weighted by Gasteiger charge is 2.22. The van der Waals surface area contributed by atoms with Gasteiger partial charge >= 0.3 is 0 Å². The maximum atomic E-state index is 5.48. The average molecular weight is 414 g/mol. The zero-order valence-electron chi connectivity index (χ0n) is 16.2. The summed E-state index contributed by atoms with van der Waals surface area (Å²) in [6.07, 6.45) is 3.72. The second-order valence-electron chi connectivity index (χ2n) is 6.90. The minimum atomic E-state index is 0.585. The van der Waals surface area contributed by atoms with E-state index >= 15 is 0 Å². The van der Waals surface area contributed by atoms with E-state index < -0.39 is 0 Å². The number of anilines is 2. The van der Waals surface area contributed by atoms with Gasteiger partial charge in [0.1, 0.15) is 12.0 Å². The Bertz CT molecular complexity index is 942. The summed E-state index contributed by atoms with van der Waals surface area (Å²) in [5.74, 6) is 1.93. The van der Waals surface area contributed by atoms with E-state index in [9.17, 15) is 0 Å². The molecule has 0 aromatic carbocycles. The summed E-state index contributed by atoms with van der Waals surface area (Å²) in [7, 11) is 0. The normalized spacial score (nSPS) is 17.7. The van der Waals surface area contributed by atoms with Gasteiger partial charge in [0, 0.05) is 37.8 Å². The number of aromatic nitrogens is 6. The van der Waals surface area contributed by atoms with Crippen molar-refractivity contribution in [3.05, 3.63) is 23.6 Å². The Hall–Kier alpha value is -2.63. The number of rotatable bonds is 4. The topological polar surface area (TPSA) is 94.3 Å². The Balaban J connectivity index is 1.51. The smallest absolute Gasteiger partial charge is 0.230 e. The predicted octanol–water partition coefficient (Wildman–Crippen LogP) is 1.16. The molecule has 3 aromatic heterocycles. The van der Waals surface area contributed by atoms with Crippen molar-refractivity contribution in [2.24, 2.45) is 0 Å². The third-order valence-electron chi connectivity index (χ3n) is 4.85. The lowest BCUT2D eigenvalue weighted by molar-refractivity contribution is 0.121. The standard InChI is InChI=1S/C18H22N8O2S/c1-13-10-26(12-19-13)18-20-14(11-29-18)15-21-16(24-2-6-27-7-3-24)23-17(22-15)25-4-8-28-9-5-25/h10-12H,2-9H2,1H3. The number of aryl methyl sites for hydroxylation is 1. The van der Waals surface area contributed by atoms with E-state index in [4.69, 9.17) is 29.4 Å². The van der Waals surface area contributed by atoms with Gasteiger partial charge < -0.3 is 19.3 Å². The number of hydrogen-bond donors (Lipinski definition) is 0. The number of nitrogens with zero attached hydrogens (tertiary/aromatic N) is 8. The summed E-state index contributed by atoms with van der Waals surface area (Å²) in [4.78, 5) is 27.5. The van der Waals surface area contributed by atoms with E-state index in [-0.39, 0.29) is 0 Å². The van der Waals surface area contributed by atoms with Gasteiger partial charge in [0.15, 0.2) is 11.0 Å². The van der Waals surface area contributed by atoms with Crippen LogP contribution in [-0.4, -0.2) is 82.1 Å². The van der Waals surface area contributed by atoms with Crippen LogP contribution in [-0.2, 0) is 9.47 Å². The molecule has 11 heteroatoms. The number of hydrogen-bond acceptors (Lipinski definition) is 10. The van der Waals surface area contributed by atoms with Crippen molar-refractivity contribution in [3.8, 4) is 16.6 Å². The Kier molecular flexibility index (Phi) is 5.08. The van der Waals surface area contributed by atoms with E-state index in [1.54, 1.807) is 6.33 Å². The van der Waals surface area contributed by atoms with Gasteiger partial charge in [-0.15, -0.1) is 11.3 Å². The largest absolute Gasteiger partial charge is 0.378 e. The van der Waals surface area contributed by atoms with Crippen molar-refractivity contribution < 1.29 is 9.47 Å². The summed E-state index contributed by atoms with van der Waals surface area (Å²) in [6.45, 7) is 7.73. The van der Waals surface area contributed by atoms with Gasteiger partial charge in [-0.1, -0.05) is 0 Å². The monoisotopic (exact) mass is 414 g/mol. The quantitative estimate of drug-likeness (QED) is 0.623. The van der Waals surface area contributed by atoms with Crippen LogP contribution in [0.15, 0.2) is 17.9 Å². The van der Waals surface area contributed by atoms with Crippen molar-refractivity contribution in [3.63, 3.8) is 0 Å². The van der Waals surface area contributed by atoms with Crippen molar-refractivity contribution in [1.82, 2.24) is 29.5 Å². The second kappa shape index (κ2) is 8.01. The molecule has 2 saturated heterocycles. The molecule has 0 radical (unpaired) electrons. The molecule has 0 N–H and O–H groups in total. The zero-order valence-corrected chi connectivity index (χ0v) is 17.0. The highest BCUT2D eigenvalue weighted by molar-refractivity contribution is 7.12. The van der Waals surface area contributed by atoms with Crippen LogP contribution in [0, 0.1) is 6.92 Å². The molecule has 2 aliphatic heterocycles. The lowest BCUT2D eigenvalue weighted by atomic mass is 10.4. The Morgan fingerprint density at radius 2 is 1.48 bits per heavy atom. The van der Waals surface area contributed by atoms with Crippen LogP contribution in [0.3, 0.4) is 0 Å². The van der Waals surface area contributed by atoms with Crippen molar-refractivity contribution in [2.75, 3.05) is 62.4 Å². The van der Waals surface area contributed by atoms with Crippen LogP contribution in [0.25, 0.3) is 16.6 Å². The molecule has 29 heavy (non-hydrogen) atoms. The van der Waals surface area contributed by atoms with E-state index in [2.05, 4.69) is 14.8 Å². The molecule has 0 spiro atoms. The summed E-state index contributed by atoms with van der Waals surface area (Å²) in [5, 5.41) is 2.81. The molecule has 0 aliphatic carbocycles. The molecule has 2 aliphatic rings. The van der Waals surface area contributed by atoms with Crippen LogP contribution in [0.5, 0.6) is 0 Å². The number of morpholine rings is 2. The summed E-state index contributed by atoms with van der Waals surface area (Å²) >= 11 is 1.54. The van der Waals surface area contributed by atoms with Gasteiger partial charge in [-0.2, -0.15) is 15.0 Å². The van der Waals surface area contributed by atoms with Gasteiger partial charge in [0.05, 0.1) is 32.1 Å². The summed E-state index contributed by atoms with van der Waals surface area (Å²) in [6, 6.07) is 0. The highest BCUT2D eigenvalue weighted by atomic mass is 32.1. The molecule has 0 bridgehead atoms. The first kappa shape index (κ1) is 18.4. The first-order valence-corrected chi connectivity index (χ1v) is 10.5. The van der Waals surface area contributed by atoms with Gasteiger partial charge in [-0.3, -0.25) is 4.57 Å². The molecular weight excluding hydrogens is 392 g/mol. The minimum absolute atomic E-state index is 0.585. The SMILES string of the molecule is Cc1cn(-c2nc(-c3nc(N4CCOCC4)nc(N4CCOCC4)n3)cs2)cn1. The van der Waals surface area contributed by atoms with Crippen LogP contribution in [0.4, 0.5) is 11.9 Å². The fraction of sp³-hybridized carbons (Fsp3) is 0.500. The van der Waals surface area contributed by atoms with E-state index in [1.807, 2.05) is 23.1 Å². The van der Waals surface area contributed by atoms with Crippen LogP contribution >= 0.6 is 11.3 Å². The molecule has 5 rings (SSSR count). The third kappa shape index (κ3) is 3.93. The Morgan fingerprint density at radius 1 is 0.862 bits per heavy atom. The zero-order chi connectivity index (χ0) is 19.6. The lowest BCUT2D eigenvalue weighted by Crippen LogP contribution is -2.40. The van der Waals surface area contributed by atoms with Gasteiger partial charge in [-0.25, -0.2) is 9.97 Å². The minimum Gasteiger partial charge on any atom is -0.378 e. The molecule has 2 fully saturated rings. The van der Waals surface area contributed by atoms with E-state index in [0.29, 0.717) is 44.1 Å². The molecular formula is C18H22N8O2S. The van der Waals surface area contributed by atoms with Gasteiger partial charge in [-0.05, 0) is 6.92 Å². The average Bonchev–Trinajstić information content (AvgIpc) is 3.44. The van der Waals surface area contributed by atoms with Crippen molar-refractivity contribution in [2.45, 2.75) is 6.92 Å². The van der Waals surface area contributed by atoms with Crippen LogP contribution in [0.2, 0.25) is 0 Å². The number of ether oxygens (including phenoxy) is 2. The van der Waals surface area contributed by atoms with Crippen molar-refractivity contribution in [1.29, 1.82) is 0 Å². The molecule has 0 saturated carbocycles. The van der Waals surface area contributed by atoms with Gasteiger partial charge in [0.2, 0.25) is 11.9 Å². The lowest BCUT2D eigenvalue weighted by Gasteiger charge is -2.30. The van der Waals surface area contributed by atoms with Crippen LogP contribution < -0.4 is 9.80 Å². The maximum absolute atomic E-state index is 5.48. The molecule has 0 amide bonds. The van der Waals surface area contributed by atoms with Crippen LogP contribution in [0.1, 0.15) is 5.69 Å². The Morgan fingerprint density at radius 3 is 2.03 bits per heavy atom. The Labute approximate surface area is 172 Å². The second-order valence-corrected chi connectivity index (χ2v) is 7.73. The van der Waals surface area contributed by atoms with E-state index in [0.717, 1.165) is 42.7 Å².